The summed E-state index contributed by atoms with van der Waals surface area (Å²) in [4.78, 5) is 0. The minimum atomic E-state index is -0.267. The summed E-state index contributed by atoms with van der Waals surface area (Å²) in [5, 5.41) is 3.49. The molecule has 0 atom stereocenters. The molecule has 3 rings (SSSR count). The maximum Gasteiger partial charge on any atom is 0.126 e. The van der Waals surface area contributed by atoms with Gasteiger partial charge in [-0.3, -0.25) is 0 Å². The number of hydrogen-bond donors (Lipinski definition) is 1. The van der Waals surface area contributed by atoms with Crippen LogP contribution in [0.15, 0.2) is 42.5 Å². The molecule has 21 heavy (non-hydrogen) atoms. The summed E-state index contributed by atoms with van der Waals surface area (Å²) in [6.07, 6.45) is 2.61. The molecule has 2 aromatic rings. The summed E-state index contributed by atoms with van der Waals surface area (Å²) in [6.45, 7) is 3.30. The van der Waals surface area contributed by atoms with Gasteiger partial charge in [-0.25, -0.2) is 4.39 Å². The molecule has 2 aromatic carbocycles. The van der Waals surface area contributed by atoms with E-state index in [1.807, 2.05) is 6.92 Å². The molecule has 0 heterocycles. The van der Waals surface area contributed by atoms with Crippen molar-refractivity contribution in [3.63, 3.8) is 0 Å². The van der Waals surface area contributed by atoms with Crippen LogP contribution in [-0.2, 0) is 13.2 Å². The van der Waals surface area contributed by atoms with Gasteiger partial charge in [0, 0.05) is 18.7 Å². The van der Waals surface area contributed by atoms with Crippen LogP contribution in [0, 0.1) is 12.7 Å². The highest BCUT2D eigenvalue weighted by atomic mass is 19.1. The molecular weight excluding hydrogens is 265 g/mol. The summed E-state index contributed by atoms with van der Waals surface area (Å²) in [5.41, 5.74) is 3.32. The van der Waals surface area contributed by atoms with Crippen molar-refractivity contribution < 1.29 is 9.13 Å². The van der Waals surface area contributed by atoms with Crippen LogP contribution >= 0.6 is 0 Å². The molecule has 0 amide bonds. The first kappa shape index (κ1) is 14.1. The Labute approximate surface area is 125 Å². The first-order valence-corrected chi connectivity index (χ1v) is 7.41. The van der Waals surface area contributed by atoms with E-state index in [1.165, 1.54) is 30.5 Å². The predicted molar refractivity (Wildman–Crippen MR) is 81.8 cm³/mol. The molecule has 1 aliphatic carbocycles. The molecule has 0 unspecified atom stereocenters. The summed E-state index contributed by atoms with van der Waals surface area (Å²) in [7, 11) is 0. The molecule has 0 aliphatic heterocycles. The Morgan fingerprint density at radius 3 is 2.52 bits per heavy atom. The van der Waals surface area contributed by atoms with Gasteiger partial charge in [-0.1, -0.05) is 30.3 Å². The molecule has 1 fully saturated rings. The first-order chi connectivity index (χ1) is 10.2. The van der Waals surface area contributed by atoms with Crippen molar-refractivity contribution in [1.82, 2.24) is 5.32 Å². The van der Waals surface area contributed by atoms with Crippen molar-refractivity contribution in [2.24, 2.45) is 0 Å². The first-order valence-electron chi connectivity index (χ1n) is 7.41. The molecule has 0 saturated heterocycles. The van der Waals surface area contributed by atoms with Gasteiger partial charge in [0.2, 0.25) is 0 Å². The molecule has 0 bridgehead atoms. The minimum absolute atomic E-state index is 0.267. The second-order valence-corrected chi connectivity index (χ2v) is 5.67. The Morgan fingerprint density at radius 2 is 1.81 bits per heavy atom. The minimum Gasteiger partial charge on any atom is -0.489 e. The highest BCUT2D eigenvalue weighted by molar-refractivity contribution is 5.33. The Bertz CT molecular complexity index is 605. The molecule has 1 aliphatic rings. The monoisotopic (exact) mass is 285 g/mol. The summed E-state index contributed by atoms with van der Waals surface area (Å²) < 4.78 is 18.9. The summed E-state index contributed by atoms with van der Waals surface area (Å²) in [5.74, 6) is 0.339. The van der Waals surface area contributed by atoms with Gasteiger partial charge in [0.15, 0.2) is 0 Å². The second-order valence-electron chi connectivity index (χ2n) is 5.67. The summed E-state index contributed by atoms with van der Waals surface area (Å²) >= 11 is 0. The standard InChI is InChI=1S/C18H20FNO/c1-13-2-7-16(19)10-18(13)21-12-15-5-3-14(4-6-15)11-20-17-8-9-17/h2-7,10,17,20H,8-9,11-12H2,1H3. The lowest BCUT2D eigenvalue weighted by Gasteiger charge is -2.10. The summed E-state index contributed by atoms with van der Waals surface area (Å²) in [6, 6.07) is 13.7. The average molecular weight is 285 g/mol. The third kappa shape index (κ3) is 4.05. The molecule has 1 saturated carbocycles. The number of hydrogen-bond acceptors (Lipinski definition) is 2. The second kappa shape index (κ2) is 6.27. The molecule has 110 valence electrons. The fourth-order valence-electron chi connectivity index (χ4n) is 2.19. The van der Waals surface area contributed by atoms with Crippen LogP contribution in [-0.4, -0.2) is 6.04 Å². The Hall–Kier alpha value is -1.87. The molecule has 0 spiro atoms. The topological polar surface area (TPSA) is 21.3 Å². The van der Waals surface area contributed by atoms with Crippen molar-refractivity contribution >= 4 is 0 Å². The van der Waals surface area contributed by atoms with Gasteiger partial charge in [-0.05, 0) is 42.5 Å². The van der Waals surface area contributed by atoms with Crippen LogP contribution in [0.2, 0.25) is 0 Å². The van der Waals surface area contributed by atoms with Crippen LogP contribution in [0.5, 0.6) is 5.75 Å². The highest BCUT2D eigenvalue weighted by Gasteiger charge is 2.19. The van der Waals surface area contributed by atoms with Crippen molar-refractivity contribution in [1.29, 1.82) is 0 Å². The lowest BCUT2D eigenvalue weighted by molar-refractivity contribution is 0.302. The number of benzene rings is 2. The van der Waals surface area contributed by atoms with Crippen LogP contribution < -0.4 is 10.1 Å². The third-order valence-corrected chi connectivity index (χ3v) is 3.74. The van der Waals surface area contributed by atoms with Crippen molar-refractivity contribution in [3.8, 4) is 5.75 Å². The van der Waals surface area contributed by atoms with E-state index in [4.69, 9.17) is 4.74 Å². The number of aryl methyl sites for hydroxylation is 1. The zero-order valence-corrected chi connectivity index (χ0v) is 12.2. The van der Waals surface area contributed by atoms with E-state index in [9.17, 15) is 4.39 Å². The Balaban J connectivity index is 1.55. The van der Waals surface area contributed by atoms with E-state index >= 15 is 0 Å². The Kier molecular flexibility index (Phi) is 4.20. The third-order valence-electron chi connectivity index (χ3n) is 3.74. The maximum absolute atomic E-state index is 13.2. The van der Waals surface area contributed by atoms with Gasteiger partial charge >= 0.3 is 0 Å². The van der Waals surface area contributed by atoms with E-state index in [-0.39, 0.29) is 5.82 Å². The van der Waals surface area contributed by atoms with Gasteiger partial charge in [0.25, 0.3) is 0 Å². The largest absolute Gasteiger partial charge is 0.489 e. The number of rotatable bonds is 6. The van der Waals surface area contributed by atoms with E-state index in [2.05, 4.69) is 29.6 Å². The fraction of sp³-hybridized carbons (Fsp3) is 0.333. The molecule has 2 nitrogen and oxygen atoms in total. The predicted octanol–water partition coefficient (Wildman–Crippen LogP) is 3.97. The van der Waals surface area contributed by atoms with Crippen LogP contribution in [0.4, 0.5) is 4.39 Å². The molecule has 3 heteroatoms. The lowest BCUT2D eigenvalue weighted by atomic mass is 10.1. The zero-order valence-electron chi connectivity index (χ0n) is 12.2. The SMILES string of the molecule is Cc1ccc(F)cc1OCc1ccc(CNC2CC2)cc1. The van der Waals surface area contributed by atoms with Crippen LogP contribution in [0.25, 0.3) is 0 Å². The van der Waals surface area contributed by atoms with Crippen molar-refractivity contribution in [2.75, 3.05) is 0 Å². The van der Waals surface area contributed by atoms with Crippen LogP contribution in [0.3, 0.4) is 0 Å². The smallest absolute Gasteiger partial charge is 0.126 e. The Morgan fingerprint density at radius 1 is 1.10 bits per heavy atom. The van der Waals surface area contributed by atoms with E-state index in [1.54, 1.807) is 6.07 Å². The molecule has 0 radical (unpaired) electrons. The van der Waals surface area contributed by atoms with E-state index in [0.29, 0.717) is 12.4 Å². The average Bonchev–Trinajstić information content (AvgIpc) is 3.31. The van der Waals surface area contributed by atoms with Gasteiger partial charge in [-0.15, -0.1) is 0 Å². The lowest BCUT2D eigenvalue weighted by Crippen LogP contribution is -2.15. The molecular formula is C18H20FNO. The normalized spacial score (nSPS) is 14.2. The van der Waals surface area contributed by atoms with E-state index in [0.717, 1.165) is 23.7 Å². The molecule has 0 aromatic heterocycles. The quantitative estimate of drug-likeness (QED) is 0.867. The number of nitrogens with one attached hydrogen (secondary N) is 1. The van der Waals surface area contributed by atoms with Gasteiger partial charge in [0.1, 0.15) is 18.2 Å². The van der Waals surface area contributed by atoms with Crippen molar-refractivity contribution in [3.05, 3.63) is 65.0 Å². The maximum atomic E-state index is 13.2. The number of halogens is 1. The van der Waals surface area contributed by atoms with Gasteiger partial charge < -0.3 is 10.1 Å². The highest BCUT2D eigenvalue weighted by Crippen LogP contribution is 2.21. The molecule has 1 N–H and O–H groups in total. The van der Waals surface area contributed by atoms with Crippen LogP contribution in [0.1, 0.15) is 29.5 Å². The number of ether oxygens (including phenoxy) is 1. The van der Waals surface area contributed by atoms with Crippen molar-refractivity contribution in [2.45, 2.75) is 39.0 Å². The zero-order chi connectivity index (χ0) is 14.7. The van der Waals surface area contributed by atoms with Gasteiger partial charge in [0.05, 0.1) is 0 Å². The van der Waals surface area contributed by atoms with E-state index < -0.39 is 0 Å². The fourth-order valence-corrected chi connectivity index (χ4v) is 2.19. The van der Waals surface area contributed by atoms with Gasteiger partial charge in [-0.2, -0.15) is 0 Å².